The molecule has 0 aromatic rings. The van der Waals surface area contributed by atoms with Crippen LogP contribution in [0.2, 0.25) is 0 Å². The standard InChI is InChI=1S/C13H23N3O3S/c1-7-5-20-13-14(10(4)17)8(2)11(18)16(13)6-15(7,13)12(19)9(16)3/h7-9,11-12,18-19H,5-6H2,1-4H3/q+2. The van der Waals surface area contributed by atoms with Crippen LogP contribution in [0.4, 0.5) is 0 Å². The van der Waals surface area contributed by atoms with Crippen molar-refractivity contribution in [3.05, 3.63) is 0 Å². The van der Waals surface area contributed by atoms with Gasteiger partial charge in [-0.2, -0.15) is 8.97 Å². The molecule has 20 heavy (non-hydrogen) atoms. The SMILES string of the molecule is CC(=O)N1C(C)C(O)[N+]23C[N+]4(C(C)CSC142)C(O)C3C. The van der Waals surface area contributed by atoms with Gasteiger partial charge in [0.25, 0.3) is 6.23 Å². The van der Waals surface area contributed by atoms with Crippen molar-refractivity contribution < 1.29 is 24.0 Å². The molecule has 6 nitrogen and oxygen atoms in total. The summed E-state index contributed by atoms with van der Waals surface area (Å²) in [5.74, 6) is 0.925. The van der Waals surface area contributed by atoms with Gasteiger partial charge in [0.2, 0.25) is 18.8 Å². The van der Waals surface area contributed by atoms with Crippen molar-refractivity contribution in [3.63, 3.8) is 0 Å². The smallest absolute Gasteiger partial charge is 0.343 e. The van der Waals surface area contributed by atoms with E-state index in [9.17, 15) is 15.0 Å². The highest BCUT2D eigenvalue weighted by atomic mass is 32.2. The Morgan fingerprint density at radius 3 is 2.50 bits per heavy atom. The molecule has 2 bridgehead atoms. The Morgan fingerprint density at radius 2 is 1.90 bits per heavy atom. The first-order valence-electron chi connectivity index (χ1n) is 7.34. The Balaban J connectivity index is 1.98. The predicted octanol–water partition coefficient (Wildman–Crippen LogP) is -0.373. The zero-order chi connectivity index (χ0) is 14.7. The molecular weight excluding hydrogens is 278 g/mol. The zero-order valence-electron chi connectivity index (χ0n) is 12.4. The van der Waals surface area contributed by atoms with E-state index in [-0.39, 0.29) is 18.0 Å². The number of carbonyl (C=O) groups is 1. The second kappa shape index (κ2) is 3.35. The second-order valence-corrected chi connectivity index (χ2v) is 8.10. The number of rotatable bonds is 0. The van der Waals surface area contributed by atoms with Crippen LogP contribution in [-0.2, 0) is 4.79 Å². The van der Waals surface area contributed by atoms with Crippen LogP contribution in [0, 0.1) is 0 Å². The van der Waals surface area contributed by atoms with E-state index in [2.05, 4.69) is 6.92 Å². The Labute approximate surface area is 123 Å². The molecule has 0 aliphatic carbocycles. The number of amides is 1. The average molecular weight is 301 g/mol. The fraction of sp³-hybridized carbons (Fsp3) is 0.923. The quantitative estimate of drug-likeness (QED) is 0.599. The Kier molecular flexibility index (Phi) is 2.24. The topological polar surface area (TPSA) is 60.8 Å². The normalized spacial score (nSPS) is 63.1. The van der Waals surface area contributed by atoms with Crippen LogP contribution < -0.4 is 0 Å². The molecule has 5 saturated heterocycles. The summed E-state index contributed by atoms with van der Waals surface area (Å²) in [4.78, 5) is 14.1. The second-order valence-electron chi connectivity index (χ2n) is 6.93. The summed E-state index contributed by atoms with van der Waals surface area (Å²) in [6, 6.07) is 0.0813. The summed E-state index contributed by atoms with van der Waals surface area (Å²) in [6.45, 7) is 8.43. The van der Waals surface area contributed by atoms with Gasteiger partial charge in [-0.1, -0.05) is 0 Å². The summed E-state index contributed by atoms with van der Waals surface area (Å²) in [5.41, 5.74) is 0. The van der Waals surface area contributed by atoms with Gasteiger partial charge in [-0.3, -0.25) is 4.79 Å². The van der Waals surface area contributed by atoms with Crippen LogP contribution in [-0.4, -0.2) is 78.1 Å². The van der Waals surface area contributed by atoms with E-state index in [0.29, 0.717) is 15.0 Å². The summed E-state index contributed by atoms with van der Waals surface area (Å²) in [5, 5.41) is 21.2. The Morgan fingerprint density at radius 1 is 1.25 bits per heavy atom. The molecule has 0 radical (unpaired) electrons. The number of quaternary nitrogens is 2. The van der Waals surface area contributed by atoms with Gasteiger partial charge in [0, 0.05) is 18.7 Å². The van der Waals surface area contributed by atoms with Crippen molar-refractivity contribution in [2.45, 2.75) is 63.4 Å². The number of carbonyl (C=O) groups excluding carboxylic acids is 1. The fourth-order valence-electron chi connectivity index (χ4n) is 5.65. The number of hydrogen-bond donors (Lipinski definition) is 2. The lowest BCUT2D eigenvalue weighted by atomic mass is 10.2. The molecule has 112 valence electrons. The molecule has 3 spiro atoms. The Hall–Kier alpha value is -0.340. The lowest BCUT2D eigenvalue weighted by molar-refractivity contribution is -1.29. The van der Waals surface area contributed by atoms with E-state index in [1.165, 1.54) is 0 Å². The highest BCUT2D eigenvalue weighted by Gasteiger charge is 3.01. The number of hydrogen-bond acceptors (Lipinski definition) is 4. The molecule has 5 fully saturated rings. The predicted molar refractivity (Wildman–Crippen MR) is 73.5 cm³/mol. The van der Waals surface area contributed by atoms with Gasteiger partial charge < -0.3 is 10.2 Å². The minimum absolute atomic E-state index is 0.00153. The number of aliphatic hydroxyl groups excluding tert-OH is 2. The number of aliphatic hydroxyl groups is 2. The molecule has 7 heteroatoms. The lowest BCUT2D eigenvalue weighted by Crippen LogP contribution is -2.88. The van der Waals surface area contributed by atoms with E-state index >= 15 is 0 Å². The van der Waals surface area contributed by atoms with Gasteiger partial charge in [-0.05, 0) is 20.8 Å². The van der Waals surface area contributed by atoms with Gasteiger partial charge in [0.05, 0.1) is 5.75 Å². The van der Waals surface area contributed by atoms with Gasteiger partial charge in [0.1, 0.15) is 12.1 Å². The summed E-state index contributed by atoms with van der Waals surface area (Å²) < 4.78 is 1.02. The van der Waals surface area contributed by atoms with Gasteiger partial charge >= 0.3 is 5.12 Å². The molecule has 5 aliphatic rings. The van der Waals surface area contributed by atoms with Crippen molar-refractivity contribution in [2.24, 2.45) is 0 Å². The molecule has 2 N–H and O–H groups in total. The highest BCUT2D eigenvalue weighted by Crippen LogP contribution is 2.73. The van der Waals surface area contributed by atoms with Crippen LogP contribution in [0.3, 0.4) is 0 Å². The van der Waals surface area contributed by atoms with Gasteiger partial charge in [-0.15, -0.1) is 0 Å². The van der Waals surface area contributed by atoms with Gasteiger partial charge in [0.15, 0.2) is 6.04 Å². The molecule has 5 rings (SSSR count). The third kappa shape index (κ3) is 0.856. The summed E-state index contributed by atoms with van der Waals surface area (Å²) in [6.07, 6.45) is -1.10. The molecule has 5 aliphatic heterocycles. The van der Waals surface area contributed by atoms with E-state index in [4.69, 9.17) is 0 Å². The van der Waals surface area contributed by atoms with Crippen molar-refractivity contribution in [3.8, 4) is 0 Å². The van der Waals surface area contributed by atoms with Gasteiger partial charge in [-0.25, -0.2) is 4.90 Å². The largest absolute Gasteiger partial charge is 0.377 e. The van der Waals surface area contributed by atoms with Crippen LogP contribution in [0.15, 0.2) is 0 Å². The molecule has 0 saturated carbocycles. The van der Waals surface area contributed by atoms with Crippen molar-refractivity contribution in [2.75, 3.05) is 12.4 Å². The van der Waals surface area contributed by atoms with E-state index in [1.54, 1.807) is 18.7 Å². The van der Waals surface area contributed by atoms with Crippen LogP contribution in [0.1, 0.15) is 27.7 Å². The number of thioether (sulfide) groups is 1. The number of nitrogens with zero attached hydrogens (tertiary/aromatic N) is 3. The van der Waals surface area contributed by atoms with E-state index in [1.807, 2.05) is 18.7 Å². The first-order valence-corrected chi connectivity index (χ1v) is 8.32. The highest BCUT2D eigenvalue weighted by molar-refractivity contribution is 8.00. The minimum Gasteiger partial charge on any atom is -0.343 e. The van der Waals surface area contributed by atoms with Crippen molar-refractivity contribution >= 4 is 17.7 Å². The molecule has 8 unspecified atom stereocenters. The maximum absolute atomic E-state index is 12.3. The lowest BCUT2D eigenvalue weighted by Gasteiger charge is -2.58. The summed E-state index contributed by atoms with van der Waals surface area (Å²) >= 11 is 1.76. The van der Waals surface area contributed by atoms with Crippen LogP contribution >= 0.6 is 11.8 Å². The molecular formula is C13H23N3O3S+2. The maximum Gasteiger partial charge on any atom is 0.377 e. The van der Waals surface area contributed by atoms with E-state index < -0.39 is 17.6 Å². The third-order valence-electron chi connectivity index (χ3n) is 6.45. The maximum atomic E-state index is 12.3. The fourth-order valence-corrected chi connectivity index (χ4v) is 7.97. The molecule has 5 heterocycles. The average Bonchev–Trinajstić information content (AvgIpc) is 2.86. The van der Waals surface area contributed by atoms with E-state index in [0.717, 1.165) is 12.4 Å². The van der Waals surface area contributed by atoms with Crippen LogP contribution in [0.25, 0.3) is 0 Å². The minimum atomic E-state index is -0.602. The summed E-state index contributed by atoms with van der Waals surface area (Å²) in [7, 11) is 0. The Bertz CT molecular complexity index is 519. The monoisotopic (exact) mass is 301 g/mol. The first-order chi connectivity index (χ1) is 9.29. The molecule has 0 aromatic carbocycles. The van der Waals surface area contributed by atoms with Crippen LogP contribution in [0.5, 0.6) is 0 Å². The zero-order valence-corrected chi connectivity index (χ0v) is 13.2. The molecule has 0 aromatic heterocycles. The van der Waals surface area contributed by atoms with Crippen molar-refractivity contribution in [1.82, 2.24) is 4.90 Å². The third-order valence-corrected chi connectivity index (χ3v) is 8.36. The first kappa shape index (κ1) is 13.3. The molecule has 1 amide bonds. The molecule has 8 atom stereocenters. The number of fused-ring (bicyclic) bond motifs is 1. The van der Waals surface area contributed by atoms with Crippen molar-refractivity contribution in [1.29, 1.82) is 0 Å².